The molecule has 2 aromatic heterocycles. The maximum atomic E-state index is 12.9. The Morgan fingerprint density at radius 3 is 2.77 bits per heavy atom. The molecule has 0 bridgehead atoms. The molecule has 0 unspecified atom stereocenters. The van der Waals surface area contributed by atoms with Crippen LogP contribution >= 0.6 is 34.7 Å². The number of carbonyl (C=O) groups excluding carboxylic acids is 1. The summed E-state index contributed by atoms with van der Waals surface area (Å²) in [6.45, 7) is 0. The van der Waals surface area contributed by atoms with Crippen LogP contribution in [0.4, 0.5) is 5.13 Å². The molecule has 0 radical (unpaired) electrons. The third-order valence-corrected chi connectivity index (χ3v) is 8.45. The zero-order chi connectivity index (χ0) is 20.9. The van der Waals surface area contributed by atoms with Gasteiger partial charge in [-0.05, 0) is 23.9 Å². The number of nitrogens with one attached hydrogen (secondary N) is 1. The number of amides is 1. The molecule has 1 N–H and O–H groups in total. The van der Waals surface area contributed by atoms with Gasteiger partial charge in [0.25, 0.3) is 15.9 Å². The molecule has 30 heavy (non-hydrogen) atoms. The Morgan fingerprint density at radius 1 is 1.17 bits per heavy atom. The van der Waals surface area contributed by atoms with E-state index in [9.17, 15) is 13.2 Å². The van der Waals surface area contributed by atoms with Gasteiger partial charge in [0.2, 0.25) is 0 Å². The van der Waals surface area contributed by atoms with Gasteiger partial charge in [0, 0.05) is 28.2 Å². The number of carbonyl (C=O) groups is 1. The highest BCUT2D eigenvalue weighted by Gasteiger charge is 2.32. The van der Waals surface area contributed by atoms with E-state index >= 15 is 0 Å². The zero-order valence-corrected chi connectivity index (χ0v) is 18.1. The van der Waals surface area contributed by atoms with Crippen LogP contribution in [0.1, 0.15) is 10.4 Å². The number of thiazole rings is 1. The van der Waals surface area contributed by atoms with E-state index in [0.717, 1.165) is 15.2 Å². The van der Waals surface area contributed by atoms with E-state index in [1.165, 1.54) is 47.6 Å². The van der Waals surface area contributed by atoms with Gasteiger partial charge in [0.1, 0.15) is 4.90 Å². The molecule has 1 aliphatic heterocycles. The van der Waals surface area contributed by atoms with Gasteiger partial charge in [0.15, 0.2) is 10.3 Å². The fraction of sp³-hybridized carbons (Fsp3) is 0. The molecular weight excluding hydrogens is 464 g/mol. The molecule has 3 heterocycles. The summed E-state index contributed by atoms with van der Waals surface area (Å²) in [6, 6.07) is 12.3. The van der Waals surface area contributed by atoms with Crippen LogP contribution in [0.15, 0.2) is 75.2 Å². The smallest absolute Gasteiger partial charge is 0.270 e. The standard InChI is InChI=1S/C19H11ClN4O3S3/c20-13-9-15-16(30(26,27)24-7-6-21-19(24)29-15)8-12(13)17(25)23-18-22-14(10-28-18)11-4-2-1-3-5-11/h1-10H,(H,22,23,25). The monoisotopic (exact) mass is 474 g/mol. The van der Waals surface area contributed by atoms with Crippen molar-refractivity contribution in [3.05, 3.63) is 70.8 Å². The molecule has 4 aromatic rings. The number of hydrogen-bond acceptors (Lipinski definition) is 7. The van der Waals surface area contributed by atoms with Gasteiger partial charge >= 0.3 is 0 Å². The SMILES string of the molecule is O=C(Nc1nc(-c2ccccc2)cs1)c1cc2c(cc1Cl)Sc1nccn1S2(=O)=O. The van der Waals surface area contributed by atoms with Gasteiger partial charge in [-0.2, -0.15) is 0 Å². The fourth-order valence-corrected chi connectivity index (χ4v) is 6.90. The van der Waals surface area contributed by atoms with Crippen molar-refractivity contribution in [1.82, 2.24) is 13.9 Å². The normalized spacial score (nSPS) is 14.0. The van der Waals surface area contributed by atoms with Crippen molar-refractivity contribution < 1.29 is 13.2 Å². The van der Waals surface area contributed by atoms with E-state index in [0.29, 0.717) is 15.2 Å². The van der Waals surface area contributed by atoms with Crippen molar-refractivity contribution in [1.29, 1.82) is 0 Å². The van der Waals surface area contributed by atoms with E-state index in [1.807, 2.05) is 35.7 Å². The molecule has 7 nitrogen and oxygen atoms in total. The molecule has 0 aliphatic carbocycles. The van der Waals surface area contributed by atoms with Gasteiger partial charge in [0.05, 0.1) is 16.3 Å². The topological polar surface area (TPSA) is 93.9 Å². The Kier molecular flexibility index (Phi) is 4.66. The summed E-state index contributed by atoms with van der Waals surface area (Å²) in [6.07, 6.45) is 2.78. The van der Waals surface area contributed by atoms with Crippen LogP contribution in [-0.4, -0.2) is 28.3 Å². The lowest BCUT2D eigenvalue weighted by molar-refractivity contribution is 0.102. The van der Waals surface area contributed by atoms with Crippen molar-refractivity contribution in [2.45, 2.75) is 14.9 Å². The van der Waals surface area contributed by atoms with E-state index in [2.05, 4.69) is 15.3 Å². The number of fused-ring (bicyclic) bond motifs is 2. The first-order valence-electron chi connectivity index (χ1n) is 8.56. The van der Waals surface area contributed by atoms with Gasteiger partial charge in [-0.25, -0.2) is 22.4 Å². The van der Waals surface area contributed by atoms with E-state index in [-0.39, 0.29) is 15.5 Å². The predicted octanol–water partition coefficient (Wildman–Crippen LogP) is 4.61. The predicted molar refractivity (Wildman–Crippen MR) is 116 cm³/mol. The summed E-state index contributed by atoms with van der Waals surface area (Å²) in [5, 5.41) is 5.40. The third-order valence-electron chi connectivity index (χ3n) is 4.39. The summed E-state index contributed by atoms with van der Waals surface area (Å²) in [4.78, 5) is 21.7. The molecule has 0 spiro atoms. The van der Waals surface area contributed by atoms with Crippen LogP contribution < -0.4 is 5.32 Å². The lowest BCUT2D eigenvalue weighted by Crippen LogP contribution is -2.20. The molecule has 0 saturated carbocycles. The molecule has 1 aliphatic rings. The molecule has 0 atom stereocenters. The van der Waals surface area contributed by atoms with E-state index in [4.69, 9.17) is 11.6 Å². The quantitative estimate of drug-likeness (QED) is 0.410. The number of aromatic nitrogens is 3. The maximum absolute atomic E-state index is 12.9. The third kappa shape index (κ3) is 3.21. The Hall–Kier alpha value is -2.66. The molecule has 5 rings (SSSR count). The van der Waals surface area contributed by atoms with Crippen LogP contribution in [0.2, 0.25) is 5.02 Å². The fourth-order valence-electron chi connectivity index (χ4n) is 2.96. The van der Waals surface area contributed by atoms with Crippen molar-refractivity contribution in [2.75, 3.05) is 5.32 Å². The molecular formula is C19H11ClN4O3S3. The highest BCUT2D eigenvalue weighted by atomic mass is 35.5. The number of benzene rings is 2. The lowest BCUT2D eigenvalue weighted by atomic mass is 10.2. The molecule has 11 heteroatoms. The summed E-state index contributed by atoms with van der Waals surface area (Å²) >= 11 is 8.75. The minimum Gasteiger partial charge on any atom is -0.298 e. The summed E-state index contributed by atoms with van der Waals surface area (Å²) < 4.78 is 26.9. The second-order valence-corrected chi connectivity index (χ2v) is 10.3. The van der Waals surface area contributed by atoms with Crippen molar-refractivity contribution >= 4 is 55.8 Å². The van der Waals surface area contributed by atoms with E-state index < -0.39 is 15.9 Å². The Bertz CT molecular complexity index is 1400. The zero-order valence-electron chi connectivity index (χ0n) is 14.9. The van der Waals surface area contributed by atoms with E-state index in [1.54, 1.807) is 0 Å². The molecule has 0 fully saturated rings. The Morgan fingerprint density at radius 2 is 1.97 bits per heavy atom. The summed E-state index contributed by atoms with van der Waals surface area (Å²) in [5.74, 6) is -0.534. The second kappa shape index (κ2) is 7.24. The number of halogens is 1. The van der Waals surface area contributed by atoms with Gasteiger partial charge in [-0.3, -0.25) is 10.1 Å². The number of hydrogen-bond donors (Lipinski definition) is 1. The van der Waals surface area contributed by atoms with Crippen LogP contribution in [0.25, 0.3) is 11.3 Å². The first-order chi connectivity index (χ1) is 14.4. The summed E-state index contributed by atoms with van der Waals surface area (Å²) in [5.41, 5.74) is 1.72. The van der Waals surface area contributed by atoms with Gasteiger partial charge < -0.3 is 0 Å². The first-order valence-corrected chi connectivity index (χ1v) is 12.1. The Labute approximate surface area is 184 Å². The lowest BCUT2D eigenvalue weighted by Gasteiger charge is -2.19. The summed E-state index contributed by atoms with van der Waals surface area (Å²) in [7, 11) is -3.85. The minimum absolute atomic E-state index is 0.0108. The van der Waals surface area contributed by atoms with Crippen LogP contribution in [-0.2, 0) is 10.0 Å². The average Bonchev–Trinajstić information content (AvgIpc) is 3.38. The number of anilines is 1. The van der Waals surface area contributed by atoms with Crippen molar-refractivity contribution in [3.63, 3.8) is 0 Å². The second-order valence-electron chi connectivity index (χ2n) is 6.25. The minimum atomic E-state index is -3.85. The number of imidazole rings is 1. The van der Waals surface area contributed by atoms with Crippen molar-refractivity contribution in [2.24, 2.45) is 0 Å². The highest BCUT2D eigenvalue weighted by Crippen LogP contribution is 2.41. The van der Waals surface area contributed by atoms with Crippen molar-refractivity contribution in [3.8, 4) is 11.3 Å². The average molecular weight is 475 g/mol. The van der Waals surface area contributed by atoms with Crippen LogP contribution in [0.3, 0.4) is 0 Å². The van der Waals surface area contributed by atoms with Gasteiger partial charge in [-0.15, -0.1) is 11.3 Å². The first kappa shape index (κ1) is 19.3. The Balaban J connectivity index is 1.47. The van der Waals surface area contributed by atoms with Crippen LogP contribution in [0.5, 0.6) is 0 Å². The van der Waals surface area contributed by atoms with Crippen LogP contribution in [0, 0.1) is 0 Å². The molecule has 0 saturated heterocycles. The number of nitrogens with zero attached hydrogens (tertiary/aromatic N) is 3. The largest absolute Gasteiger partial charge is 0.298 e. The maximum Gasteiger partial charge on any atom is 0.270 e. The number of rotatable bonds is 3. The molecule has 150 valence electrons. The highest BCUT2D eigenvalue weighted by molar-refractivity contribution is 8.01. The van der Waals surface area contributed by atoms with Gasteiger partial charge in [-0.1, -0.05) is 41.9 Å². The molecule has 2 aromatic carbocycles. The molecule has 1 amide bonds.